The molecule has 1 unspecified atom stereocenters. The minimum atomic E-state index is -1.79. The van der Waals surface area contributed by atoms with Crippen molar-refractivity contribution in [3.8, 4) is 6.07 Å². The maximum absolute atomic E-state index is 9.72. The zero-order chi connectivity index (χ0) is 5.70. The van der Waals surface area contributed by atoms with Crippen LogP contribution in [-0.4, -0.2) is 14.5 Å². The first-order valence-electron chi connectivity index (χ1n) is 1.72. The quantitative estimate of drug-likeness (QED) is 0.333. The van der Waals surface area contributed by atoms with Crippen molar-refractivity contribution in [1.29, 1.82) is 5.26 Å². The molecule has 0 heterocycles. The molecule has 0 aromatic carbocycles. The molecule has 40 valence electrons. The second-order valence-corrected chi connectivity index (χ2v) is 1.98. The molecule has 0 saturated heterocycles. The van der Waals surface area contributed by atoms with Gasteiger partial charge in [0, 0.05) is 6.42 Å². The van der Waals surface area contributed by atoms with Gasteiger partial charge in [0.25, 0.3) is 0 Å². The van der Waals surface area contributed by atoms with Gasteiger partial charge in [0.05, 0.1) is 11.8 Å². The van der Waals surface area contributed by atoms with Crippen LogP contribution < -0.4 is 29.6 Å². The van der Waals surface area contributed by atoms with Gasteiger partial charge >= 0.3 is 29.6 Å². The fraction of sp³-hybridized carbons (Fsp3) is 0.667. The Labute approximate surface area is 72.7 Å². The molecule has 0 amide bonds. The summed E-state index contributed by atoms with van der Waals surface area (Å²) in [4.78, 5) is 0. The monoisotopic (exact) mass is 142 g/mol. The fourth-order valence-corrected chi connectivity index (χ4v) is 0.399. The van der Waals surface area contributed by atoms with Crippen molar-refractivity contribution in [3.63, 3.8) is 0 Å². The van der Waals surface area contributed by atoms with Gasteiger partial charge in [-0.3, -0.25) is 0 Å². The van der Waals surface area contributed by atoms with E-state index in [1.165, 1.54) is 0 Å². The van der Waals surface area contributed by atoms with E-state index in [4.69, 9.17) is 9.81 Å². The topological polar surface area (TPSA) is 61.1 Å². The fourth-order valence-electron chi connectivity index (χ4n) is 0.133. The molecule has 0 fully saturated rings. The molecule has 0 saturated carbocycles. The van der Waals surface area contributed by atoms with Crippen molar-refractivity contribution in [2.24, 2.45) is 0 Å². The zero-order valence-corrected chi connectivity index (χ0v) is 7.44. The molecule has 0 bridgehead atoms. The van der Waals surface area contributed by atoms with Gasteiger partial charge < -0.3 is 4.55 Å². The molecule has 8 heavy (non-hydrogen) atoms. The summed E-state index contributed by atoms with van der Waals surface area (Å²) in [5.74, 6) is 0.0660. The Hall–Kier alpha value is 0.600. The zero-order valence-electron chi connectivity index (χ0n) is 4.63. The van der Waals surface area contributed by atoms with Gasteiger partial charge in [-0.2, -0.15) is 5.26 Å². The number of nitriles is 1. The van der Waals surface area contributed by atoms with Gasteiger partial charge in [0.15, 0.2) is 11.1 Å². The van der Waals surface area contributed by atoms with Gasteiger partial charge in [0.2, 0.25) is 0 Å². The van der Waals surface area contributed by atoms with E-state index >= 15 is 0 Å². The number of hydrogen-bond donors (Lipinski definition) is 1. The average molecular weight is 142 g/mol. The van der Waals surface area contributed by atoms with E-state index < -0.39 is 11.1 Å². The molecule has 0 aromatic rings. The first-order valence-corrected chi connectivity index (χ1v) is 2.99. The van der Waals surface area contributed by atoms with Crippen LogP contribution in [0, 0.1) is 11.3 Å². The molecule has 3 nitrogen and oxygen atoms in total. The van der Waals surface area contributed by atoms with E-state index in [0.29, 0.717) is 0 Å². The normalized spacial score (nSPS) is 11.0. The first-order chi connectivity index (χ1) is 3.27. The second kappa shape index (κ2) is 7.60. The van der Waals surface area contributed by atoms with E-state index in [1.54, 1.807) is 6.07 Å². The summed E-state index contributed by atoms with van der Waals surface area (Å²) < 4.78 is 17.7. The molecular formula is C3H5NNaO2S+. The summed E-state index contributed by atoms with van der Waals surface area (Å²) in [5.41, 5.74) is 0. The van der Waals surface area contributed by atoms with Crippen LogP contribution in [0.5, 0.6) is 0 Å². The van der Waals surface area contributed by atoms with Crippen LogP contribution in [0.4, 0.5) is 0 Å². The van der Waals surface area contributed by atoms with Gasteiger partial charge in [-0.05, 0) is 0 Å². The molecule has 0 aliphatic carbocycles. The Morgan fingerprint density at radius 2 is 2.25 bits per heavy atom. The SMILES string of the molecule is N#CCCS(=O)O.[Na+]. The van der Waals surface area contributed by atoms with Crippen LogP contribution in [0.15, 0.2) is 0 Å². The molecular weight excluding hydrogens is 137 g/mol. The van der Waals surface area contributed by atoms with Crippen LogP contribution in [-0.2, 0) is 11.1 Å². The third-order valence-electron chi connectivity index (χ3n) is 0.388. The van der Waals surface area contributed by atoms with Crippen LogP contribution in [0.3, 0.4) is 0 Å². The third kappa shape index (κ3) is 9.78. The van der Waals surface area contributed by atoms with E-state index in [9.17, 15) is 4.21 Å². The first kappa shape index (κ1) is 11.4. The summed E-state index contributed by atoms with van der Waals surface area (Å²) in [7, 11) is 0. The van der Waals surface area contributed by atoms with Crippen molar-refractivity contribution < 1.29 is 38.3 Å². The predicted octanol–water partition coefficient (Wildman–Crippen LogP) is -2.87. The van der Waals surface area contributed by atoms with E-state index in [-0.39, 0.29) is 41.7 Å². The Bertz CT molecular complexity index is 110. The minimum absolute atomic E-state index is 0. The van der Waals surface area contributed by atoms with Gasteiger partial charge in [-0.15, -0.1) is 0 Å². The maximum atomic E-state index is 9.72. The Morgan fingerprint density at radius 3 is 2.38 bits per heavy atom. The number of nitrogens with zero attached hydrogens (tertiary/aromatic N) is 1. The van der Waals surface area contributed by atoms with Crippen molar-refractivity contribution in [2.45, 2.75) is 6.42 Å². The minimum Gasteiger partial charge on any atom is -0.306 e. The molecule has 1 atom stereocenters. The average Bonchev–Trinajstić information content (AvgIpc) is 1.61. The van der Waals surface area contributed by atoms with Crippen LogP contribution in [0.2, 0.25) is 0 Å². The van der Waals surface area contributed by atoms with Crippen molar-refractivity contribution in [3.05, 3.63) is 0 Å². The summed E-state index contributed by atoms with van der Waals surface area (Å²) in [5, 5.41) is 7.82. The predicted molar refractivity (Wildman–Crippen MR) is 25.9 cm³/mol. The summed E-state index contributed by atoms with van der Waals surface area (Å²) in [6, 6.07) is 1.75. The van der Waals surface area contributed by atoms with Crippen molar-refractivity contribution >= 4 is 11.1 Å². The summed E-state index contributed by atoms with van der Waals surface area (Å²) in [6.45, 7) is 0. The van der Waals surface area contributed by atoms with Gasteiger partial charge in [-0.25, -0.2) is 4.21 Å². The second-order valence-electron chi connectivity index (χ2n) is 0.934. The maximum Gasteiger partial charge on any atom is 1.00 e. The number of hydrogen-bond acceptors (Lipinski definition) is 2. The number of rotatable bonds is 2. The van der Waals surface area contributed by atoms with E-state index in [0.717, 1.165) is 0 Å². The Kier molecular flexibility index (Phi) is 10.8. The van der Waals surface area contributed by atoms with Crippen molar-refractivity contribution in [2.75, 3.05) is 5.75 Å². The van der Waals surface area contributed by atoms with Crippen LogP contribution in [0.1, 0.15) is 6.42 Å². The molecule has 0 spiro atoms. The standard InChI is InChI=1S/C3H5NO2S.Na/c4-2-1-3-7(5)6;/h1,3H2,(H,5,6);/q;+1. The van der Waals surface area contributed by atoms with Crippen LogP contribution >= 0.6 is 0 Å². The third-order valence-corrected chi connectivity index (χ3v) is 0.942. The van der Waals surface area contributed by atoms with Gasteiger partial charge in [0.1, 0.15) is 0 Å². The summed E-state index contributed by atoms with van der Waals surface area (Å²) >= 11 is -1.79. The molecule has 5 heteroatoms. The molecule has 0 aromatic heterocycles. The summed E-state index contributed by atoms with van der Waals surface area (Å²) in [6.07, 6.45) is 0.156. The molecule has 0 aliphatic heterocycles. The van der Waals surface area contributed by atoms with E-state index in [1.807, 2.05) is 0 Å². The molecule has 0 aliphatic rings. The van der Waals surface area contributed by atoms with Crippen molar-refractivity contribution in [1.82, 2.24) is 0 Å². The smallest absolute Gasteiger partial charge is 0.306 e. The Balaban J connectivity index is 0. The molecule has 1 N–H and O–H groups in total. The molecule has 0 rings (SSSR count). The van der Waals surface area contributed by atoms with Crippen LogP contribution in [0.25, 0.3) is 0 Å². The van der Waals surface area contributed by atoms with E-state index in [2.05, 4.69) is 0 Å². The van der Waals surface area contributed by atoms with Gasteiger partial charge in [-0.1, -0.05) is 0 Å². The Morgan fingerprint density at radius 1 is 1.75 bits per heavy atom. The molecule has 0 radical (unpaired) electrons. The largest absolute Gasteiger partial charge is 1.00 e.